The molecule has 0 bridgehead atoms. The van der Waals surface area contributed by atoms with Gasteiger partial charge in [0.2, 0.25) is 0 Å². The molecule has 0 radical (unpaired) electrons. The molecular formula is C12H15NO. The first-order chi connectivity index (χ1) is 6.77. The Morgan fingerprint density at radius 1 is 1.43 bits per heavy atom. The molecular weight excluding hydrogens is 174 g/mol. The highest BCUT2D eigenvalue weighted by Gasteiger charge is 2.02. The maximum absolute atomic E-state index is 5.17. The van der Waals surface area contributed by atoms with Gasteiger partial charge in [0.1, 0.15) is 5.75 Å². The summed E-state index contributed by atoms with van der Waals surface area (Å²) in [6, 6.07) is 8.24. The van der Waals surface area contributed by atoms with Gasteiger partial charge in [-0.25, -0.2) is 0 Å². The zero-order valence-corrected chi connectivity index (χ0v) is 8.58. The quantitative estimate of drug-likeness (QED) is 0.731. The lowest BCUT2D eigenvalue weighted by molar-refractivity contribution is 0.414. The molecule has 1 N–H and O–H groups in total. The van der Waals surface area contributed by atoms with Crippen molar-refractivity contribution in [1.82, 2.24) is 5.32 Å². The molecule has 0 aliphatic heterocycles. The van der Waals surface area contributed by atoms with Crippen molar-refractivity contribution in [2.45, 2.75) is 13.0 Å². The molecule has 0 fully saturated rings. The molecule has 1 atom stereocenters. The molecule has 0 aliphatic rings. The SMILES string of the molecule is C#CCN[C@H](C)c1ccc(OC)cc1. The van der Waals surface area contributed by atoms with Gasteiger partial charge < -0.3 is 4.74 Å². The van der Waals surface area contributed by atoms with Crippen molar-refractivity contribution in [2.75, 3.05) is 13.7 Å². The van der Waals surface area contributed by atoms with E-state index in [1.807, 2.05) is 24.3 Å². The highest BCUT2D eigenvalue weighted by atomic mass is 16.5. The van der Waals surface area contributed by atoms with E-state index in [1.54, 1.807) is 7.11 Å². The molecule has 1 aromatic rings. The van der Waals surface area contributed by atoms with Crippen LogP contribution in [0.3, 0.4) is 0 Å². The van der Waals surface area contributed by atoms with Crippen molar-refractivity contribution in [3.8, 4) is 18.1 Å². The molecule has 0 heterocycles. The first kappa shape index (κ1) is 10.6. The van der Waals surface area contributed by atoms with E-state index >= 15 is 0 Å². The Bertz CT molecular complexity index is 310. The van der Waals surface area contributed by atoms with Crippen molar-refractivity contribution in [3.05, 3.63) is 29.8 Å². The summed E-state index contributed by atoms with van der Waals surface area (Å²) in [6.45, 7) is 2.67. The molecule has 0 aromatic heterocycles. The fourth-order valence-corrected chi connectivity index (χ4v) is 1.22. The minimum Gasteiger partial charge on any atom is -0.497 e. The Labute approximate surface area is 85.3 Å². The number of terminal acetylenes is 1. The molecule has 0 aliphatic carbocycles. The molecule has 0 saturated heterocycles. The molecule has 0 unspecified atom stereocenters. The number of benzene rings is 1. The average molecular weight is 189 g/mol. The monoisotopic (exact) mass is 189 g/mol. The van der Waals surface area contributed by atoms with E-state index < -0.39 is 0 Å². The van der Waals surface area contributed by atoms with Crippen LogP contribution in [0.5, 0.6) is 5.75 Å². The molecule has 0 saturated carbocycles. The molecule has 0 spiro atoms. The first-order valence-electron chi connectivity index (χ1n) is 4.58. The fraction of sp³-hybridized carbons (Fsp3) is 0.333. The summed E-state index contributed by atoms with van der Waals surface area (Å²) in [5.74, 6) is 3.43. The van der Waals surface area contributed by atoms with Crippen molar-refractivity contribution < 1.29 is 4.74 Å². The van der Waals surface area contributed by atoms with E-state index in [-0.39, 0.29) is 6.04 Å². The van der Waals surface area contributed by atoms with Crippen LogP contribution in [0, 0.1) is 12.3 Å². The number of methoxy groups -OCH3 is 1. The average Bonchev–Trinajstić information content (AvgIpc) is 2.26. The van der Waals surface area contributed by atoms with Gasteiger partial charge in [-0.3, -0.25) is 5.32 Å². The number of nitrogens with one attached hydrogen (secondary N) is 1. The third-order valence-electron chi connectivity index (χ3n) is 2.13. The molecule has 2 heteroatoms. The standard InChI is InChI=1S/C12H15NO/c1-4-9-13-10(2)11-5-7-12(14-3)8-6-11/h1,5-8,10,13H,9H2,2-3H3/t10-/m1/s1. The third kappa shape index (κ3) is 2.79. The minimum atomic E-state index is 0.275. The lowest BCUT2D eigenvalue weighted by atomic mass is 10.1. The second-order valence-corrected chi connectivity index (χ2v) is 3.08. The van der Waals surface area contributed by atoms with Crippen LogP contribution in [-0.2, 0) is 0 Å². The Balaban J connectivity index is 2.62. The van der Waals surface area contributed by atoms with E-state index in [0.717, 1.165) is 5.75 Å². The van der Waals surface area contributed by atoms with Gasteiger partial charge in [0.25, 0.3) is 0 Å². The number of rotatable bonds is 4. The van der Waals surface area contributed by atoms with Crippen LogP contribution in [0.1, 0.15) is 18.5 Å². The summed E-state index contributed by atoms with van der Waals surface area (Å²) in [5, 5.41) is 3.21. The lowest BCUT2D eigenvalue weighted by Crippen LogP contribution is -2.18. The molecule has 74 valence electrons. The van der Waals surface area contributed by atoms with Crippen LogP contribution in [0.25, 0.3) is 0 Å². The predicted octanol–water partition coefficient (Wildman–Crippen LogP) is 1.98. The summed E-state index contributed by atoms with van der Waals surface area (Å²) in [4.78, 5) is 0. The zero-order chi connectivity index (χ0) is 10.4. The Morgan fingerprint density at radius 3 is 2.57 bits per heavy atom. The number of hydrogen-bond acceptors (Lipinski definition) is 2. The number of hydrogen-bond donors (Lipinski definition) is 1. The van der Waals surface area contributed by atoms with Crippen LogP contribution < -0.4 is 10.1 Å². The normalized spacial score (nSPS) is 11.8. The van der Waals surface area contributed by atoms with E-state index in [4.69, 9.17) is 11.2 Å². The van der Waals surface area contributed by atoms with Gasteiger partial charge in [-0.1, -0.05) is 18.1 Å². The van der Waals surface area contributed by atoms with Gasteiger partial charge in [-0.05, 0) is 24.6 Å². The largest absolute Gasteiger partial charge is 0.497 e. The Kier molecular flexibility index (Phi) is 4.03. The van der Waals surface area contributed by atoms with E-state index in [9.17, 15) is 0 Å². The first-order valence-corrected chi connectivity index (χ1v) is 4.58. The second kappa shape index (κ2) is 5.31. The highest BCUT2D eigenvalue weighted by molar-refractivity contribution is 5.28. The minimum absolute atomic E-state index is 0.275. The van der Waals surface area contributed by atoms with Crippen molar-refractivity contribution in [2.24, 2.45) is 0 Å². The lowest BCUT2D eigenvalue weighted by Gasteiger charge is -2.12. The van der Waals surface area contributed by atoms with Crippen LogP contribution in [0.15, 0.2) is 24.3 Å². The molecule has 14 heavy (non-hydrogen) atoms. The van der Waals surface area contributed by atoms with E-state index in [1.165, 1.54) is 5.56 Å². The van der Waals surface area contributed by atoms with Gasteiger partial charge in [0.15, 0.2) is 0 Å². The van der Waals surface area contributed by atoms with Crippen LogP contribution in [0.2, 0.25) is 0 Å². The van der Waals surface area contributed by atoms with Gasteiger partial charge in [-0.2, -0.15) is 0 Å². The maximum Gasteiger partial charge on any atom is 0.118 e. The van der Waals surface area contributed by atoms with Gasteiger partial charge in [0.05, 0.1) is 13.7 Å². The summed E-state index contributed by atoms with van der Waals surface area (Å²) in [5.41, 5.74) is 1.21. The van der Waals surface area contributed by atoms with Crippen molar-refractivity contribution >= 4 is 0 Å². The Hall–Kier alpha value is -1.46. The van der Waals surface area contributed by atoms with Gasteiger partial charge in [0, 0.05) is 6.04 Å². The Morgan fingerprint density at radius 2 is 2.07 bits per heavy atom. The molecule has 1 aromatic carbocycles. The smallest absolute Gasteiger partial charge is 0.118 e. The van der Waals surface area contributed by atoms with E-state index in [2.05, 4.69) is 18.2 Å². The fourth-order valence-electron chi connectivity index (χ4n) is 1.22. The highest BCUT2D eigenvalue weighted by Crippen LogP contribution is 2.16. The second-order valence-electron chi connectivity index (χ2n) is 3.08. The van der Waals surface area contributed by atoms with Crippen molar-refractivity contribution in [3.63, 3.8) is 0 Å². The van der Waals surface area contributed by atoms with Gasteiger partial charge >= 0.3 is 0 Å². The van der Waals surface area contributed by atoms with E-state index in [0.29, 0.717) is 6.54 Å². The van der Waals surface area contributed by atoms with Crippen molar-refractivity contribution in [1.29, 1.82) is 0 Å². The summed E-state index contributed by atoms with van der Waals surface area (Å²) >= 11 is 0. The topological polar surface area (TPSA) is 21.3 Å². The summed E-state index contributed by atoms with van der Waals surface area (Å²) in [7, 11) is 1.66. The summed E-state index contributed by atoms with van der Waals surface area (Å²) in [6.07, 6.45) is 5.17. The third-order valence-corrected chi connectivity index (χ3v) is 2.13. The molecule has 1 rings (SSSR count). The van der Waals surface area contributed by atoms with Crippen LogP contribution in [-0.4, -0.2) is 13.7 Å². The zero-order valence-electron chi connectivity index (χ0n) is 8.58. The molecule has 0 amide bonds. The van der Waals surface area contributed by atoms with Gasteiger partial charge in [-0.15, -0.1) is 6.42 Å². The predicted molar refractivity (Wildman–Crippen MR) is 58.2 cm³/mol. The van der Waals surface area contributed by atoms with Crippen LogP contribution >= 0.6 is 0 Å². The van der Waals surface area contributed by atoms with Crippen LogP contribution in [0.4, 0.5) is 0 Å². The summed E-state index contributed by atoms with van der Waals surface area (Å²) < 4.78 is 5.08. The maximum atomic E-state index is 5.17. The number of ether oxygens (including phenoxy) is 1. The molecule has 2 nitrogen and oxygen atoms in total.